The number of carbonyl (C=O) groups is 1. The van der Waals surface area contributed by atoms with Crippen molar-refractivity contribution in [1.82, 2.24) is 14.3 Å². The second kappa shape index (κ2) is 9.20. The lowest BCUT2D eigenvalue weighted by molar-refractivity contribution is -0.127. The number of ether oxygens (including phenoxy) is 2. The average molecular weight is 385 g/mol. The zero-order chi connectivity index (χ0) is 19.2. The van der Waals surface area contributed by atoms with Gasteiger partial charge in [-0.1, -0.05) is 13.0 Å². The first-order valence-corrected chi connectivity index (χ1v) is 10.1. The normalized spacial score (nSPS) is 17.6. The minimum Gasteiger partial charge on any atom is -0.493 e. The lowest BCUT2D eigenvalue weighted by Gasteiger charge is -2.17. The molecule has 2 rings (SSSR count). The molecule has 8 nitrogen and oxygen atoms in total. The molecule has 1 saturated heterocycles. The highest BCUT2D eigenvalue weighted by Gasteiger charge is 2.29. The molecule has 0 spiro atoms. The number of rotatable bonds is 10. The Morgan fingerprint density at radius 1 is 1.19 bits per heavy atom. The summed E-state index contributed by atoms with van der Waals surface area (Å²) in [5, 5.41) is 0. The van der Waals surface area contributed by atoms with Crippen molar-refractivity contribution in [3.8, 4) is 11.5 Å². The van der Waals surface area contributed by atoms with Crippen LogP contribution in [0.2, 0.25) is 0 Å². The Morgan fingerprint density at radius 2 is 1.92 bits per heavy atom. The lowest BCUT2D eigenvalue weighted by Crippen LogP contribution is -2.39. The topological polar surface area (TPSA) is 97.0 Å². The Bertz CT molecular complexity index is 723. The zero-order valence-corrected chi connectivity index (χ0v) is 16.3. The predicted octanol–water partition coefficient (Wildman–Crippen LogP) is 0.539. The van der Waals surface area contributed by atoms with Gasteiger partial charge in [-0.15, -0.1) is 0 Å². The van der Waals surface area contributed by atoms with Gasteiger partial charge in [-0.05, 0) is 30.0 Å². The van der Waals surface area contributed by atoms with Crippen molar-refractivity contribution >= 4 is 16.1 Å². The summed E-state index contributed by atoms with van der Waals surface area (Å²) in [6, 6.07) is 5.70. The third-order valence-electron chi connectivity index (χ3n) is 4.31. The van der Waals surface area contributed by atoms with E-state index in [4.69, 9.17) is 9.47 Å². The number of amides is 1. The average Bonchev–Trinajstić information content (AvgIpc) is 2.98. The van der Waals surface area contributed by atoms with E-state index < -0.39 is 10.2 Å². The Hall–Kier alpha value is -1.84. The summed E-state index contributed by atoms with van der Waals surface area (Å²) in [5.74, 6) is 1.37. The van der Waals surface area contributed by atoms with Crippen LogP contribution >= 0.6 is 0 Å². The van der Waals surface area contributed by atoms with Gasteiger partial charge in [-0.25, -0.2) is 9.44 Å². The smallest absolute Gasteiger partial charge is 0.276 e. The Morgan fingerprint density at radius 3 is 2.58 bits per heavy atom. The number of hydrogen-bond donors (Lipinski definition) is 2. The van der Waals surface area contributed by atoms with Gasteiger partial charge in [0.15, 0.2) is 11.5 Å². The van der Waals surface area contributed by atoms with Crippen molar-refractivity contribution in [3.63, 3.8) is 0 Å². The third-order valence-corrected chi connectivity index (χ3v) is 5.52. The van der Waals surface area contributed by atoms with Crippen LogP contribution in [-0.2, 0) is 21.4 Å². The highest BCUT2D eigenvalue weighted by molar-refractivity contribution is 7.87. The van der Waals surface area contributed by atoms with Crippen molar-refractivity contribution in [1.29, 1.82) is 0 Å². The van der Waals surface area contributed by atoms with Crippen LogP contribution in [0.1, 0.15) is 18.9 Å². The van der Waals surface area contributed by atoms with E-state index in [1.165, 1.54) is 0 Å². The summed E-state index contributed by atoms with van der Waals surface area (Å²) in [6.45, 7) is 3.45. The molecular weight excluding hydrogens is 358 g/mol. The van der Waals surface area contributed by atoms with Crippen LogP contribution in [0.5, 0.6) is 11.5 Å². The molecule has 1 fully saturated rings. The molecule has 1 atom stereocenters. The molecule has 1 amide bonds. The first kappa shape index (κ1) is 20.5. The summed E-state index contributed by atoms with van der Waals surface area (Å²) in [4.78, 5) is 13.9. The Kier molecular flexibility index (Phi) is 7.24. The van der Waals surface area contributed by atoms with Crippen LogP contribution in [0.15, 0.2) is 18.2 Å². The predicted molar refractivity (Wildman–Crippen MR) is 98.5 cm³/mol. The van der Waals surface area contributed by atoms with Crippen molar-refractivity contribution in [2.75, 3.05) is 40.4 Å². The molecular formula is C17H27N3O5S. The highest BCUT2D eigenvalue weighted by atomic mass is 32.2. The van der Waals surface area contributed by atoms with E-state index in [9.17, 15) is 13.2 Å². The third kappa shape index (κ3) is 5.58. The van der Waals surface area contributed by atoms with Crippen LogP contribution < -0.4 is 18.9 Å². The maximum atomic E-state index is 12.2. The fourth-order valence-electron chi connectivity index (χ4n) is 2.98. The fourth-order valence-corrected chi connectivity index (χ4v) is 3.91. The van der Waals surface area contributed by atoms with E-state index in [1.54, 1.807) is 26.0 Å². The maximum absolute atomic E-state index is 12.2. The number of methoxy groups -OCH3 is 2. The number of carbonyl (C=O) groups excluding carboxylic acids is 1. The van der Waals surface area contributed by atoms with Crippen LogP contribution in [0, 0.1) is 5.92 Å². The monoisotopic (exact) mass is 385 g/mol. The van der Waals surface area contributed by atoms with E-state index in [2.05, 4.69) is 9.44 Å². The van der Waals surface area contributed by atoms with Crippen molar-refractivity contribution in [2.45, 2.75) is 19.8 Å². The second-order valence-electron chi connectivity index (χ2n) is 6.20. The number of nitrogens with one attached hydrogen (secondary N) is 2. The minimum atomic E-state index is -3.48. The van der Waals surface area contributed by atoms with Gasteiger partial charge in [0.05, 0.1) is 14.2 Å². The largest absolute Gasteiger partial charge is 0.493 e. The first-order valence-electron chi connectivity index (χ1n) is 8.61. The van der Waals surface area contributed by atoms with Gasteiger partial charge >= 0.3 is 0 Å². The van der Waals surface area contributed by atoms with E-state index in [0.717, 1.165) is 5.56 Å². The van der Waals surface area contributed by atoms with Crippen molar-refractivity contribution < 1.29 is 22.7 Å². The van der Waals surface area contributed by atoms with Gasteiger partial charge in [0, 0.05) is 32.6 Å². The molecule has 0 bridgehead atoms. The summed E-state index contributed by atoms with van der Waals surface area (Å²) >= 11 is 0. The summed E-state index contributed by atoms with van der Waals surface area (Å²) in [6.07, 6.45) is 1.06. The molecule has 1 unspecified atom stereocenters. The number of nitrogens with zero attached hydrogens (tertiary/aromatic N) is 1. The fraction of sp³-hybridized carbons (Fsp3) is 0.588. The van der Waals surface area contributed by atoms with Crippen LogP contribution in [0.3, 0.4) is 0 Å². The van der Waals surface area contributed by atoms with Gasteiger partial charge in [0.25, 0.3) is 10.2 Å². The summed E-state index contributed by atoms with van der Waals surface area (Å²) < 4.78 is 38.6. The van der Waals surface area contributed by atoms with Gasteiger partial charge in [0.2, 0.25) is 5.91 Å². The molecule has 0 radical (unpaired) electrons. The van der Waals surface area contributed by atoms with Crippen molar-refractivity contribution in [2.24, 2.45) is 5.92 Å². The molecule has 26 heavy (non-hydrogen) atoms. The van der Waals surface area contributed by atoms with E-state index >= 15 is 0 Å². The van der Waals surface area contributed by atoms with Gasteiger partial charge in [-0.3, -0.25) is 4.79 Å². The molecule has 1 aliphatic heterocycles. The van der Waals surface area contributed by atoms with E-state index in [1.807, 2.05) is 18.2 Å². The SMILES string of the molecule is CCNS(=O)(=O)NCC1CC(=O)N(CCc2ccc(OC)c(OC)c2)C1. The second-order valence-corrected chi connectivity index (χ2v) is 7.78. The molecule has 1 aliphatic rings. The molecule has 1 heterocycles. The minimum absolute atomic E-state index is 0.0127. The van der Waals surface area contributed by atoms with Gasteiger partial charge in [-0.2, -0.15) is 8.42 Å². The molecule has 2 N–H and O–H groups in total. The molecule has 9 heteroatoms. The summed E-state index contributed by atoms with van der Waals surface area (Å²) in [5.41, 5.74) is 1.05. The van der Waals surface area contributed by atoms with Gasteiger partial charge in [0.1, 0.15) is 0 Å². The number of benzene rings is 1. The van der Waals surface area contributed by atoms with Crippen molar-refractivity contribution in [3.05, 3.63) is 23.8 Å². The molecule has 1 aromatic rings. The van der Waals surface area contributed by atoms with Crippen LogP contribution in [0.25, 0.3) is 0 Å². The molecule has 0 aliphatic carbocycles. The standard InChI is InChI=1S/C17H27N3O5S/c1-4-18-26(22,23)19-11-14-10-17(21)20(12-14)8-7-13-5-6-15(24-2)16(9-13)25-3/h5-6,9,14,18-19H,4,7-8,10-12H2,1-3H3. The quantitative estimate of drug-likeness (QED) is 0.613. The van der Waals surface area contributed by atoms with Crippen LogP contribution in [-0.4, -0.2) is 59.6 Å². The molecule has 1 aromatic carbocycles. The molecule has 146 valence electrons. The summed E-state index contributed by atoms with van der Waals surface area (Å²) in [7, 11) is -0.303. The maximum Gasteiger partial charge on any atom is 0.276 e. The van der Waals surface area contributed by atoms with Gasteiger partial charge < -0.3 is 14.4 Å². The highest BCUT2D eigenvalue weighted by Crippen LogP contribution is 2.28. The van der Waals surface area contributed by atoms with Crippen LogP contribution in [0.4, 0.5) is 0 Å². The Balaban J connectivity index is 1.86. The van der Waals surface area contributed by atoms with E-state index in [0.29, 0.717) is 44.0 Å². The zero-order valence-electron chi connectivity index (χ0n) is 15.4. The molecule has 0 aromatic heterocycles. The molecule has 0 saturated carbocycles. The lowest BCUT2D eigenvalue weighted by atomic mass is 10.1. The Labute approximate surface area is 155 Å². The number of likely N-dealkylation sites (tertiary alicyclic amines) is 1. The van der Waals surface area contributed by atoms with E-state index in [-0.39, 0.29) is 18.4 Å². The number of hydrogen-bond acceptors (Lipinski definition) is 5. The first-order chi connectivity index (χ1) is 12.4.